The minimum absolute atomic E-state index is 0.0372. The van der Waals surface area contributed by atoms with Crippen LogP contribution in [0.4, 0.5) is 0 Å². The van der Waals surface area contributed by atoms with Crippen LogP contribution in [0.3, 0.4) is 0 Å². The fourth-order valence-corrected chi connectivity index (χ4v) is 1.46. The van der Waals surface area contributed by atoms with Crippen LogP contribution in [-0.4, -0.2) is 31.2 Å². The zero-order valence-corrected chi connectivity index (χ0v) is 10.8. The Morgan fingerprint density at radius 2 is 2.22 bits per heavy atom. The summed E-state index contributed by atoms with van der Waals surface area (Å²) in [7, 11) is 1.55. The Kier molecular flexibility index (Phi) is 6.00. The molecule has 0 aromatic heterocycles. The first kappa shape index (κ1) is 14.3. The molecular formula is C13H20N2O3. The summed E-state index contributed by atoms with van der Waals surface area (Å²) in [4.78, 5) is 11.3. The number of hydrogen-bond donors (Lipinski definition) is 3. The van der Waals surface area contributed by atoms with E-state index in [0.717, 1.165) is 12.0 Å². The molecule has 100 valence electrons. The maximum absolute atomic E-state index is 11.3. The highest BCUT2D eigenvalue weighted by Gasteiger charge is 2.04. The van der Waals surface area contributed by atoms with Crippen LogP contribution in [0.1, 0.15) is 18.9 Å². The van der Waals surface area contributed by atoms with Crippen molar-refractivity contribution in [2.24, 2.45) is 0 Å². The summed E-state index contributed by atoms with van der Waals surface area (Å²) in [5.41, 5.74) is 0.735. The lowest BCUT2D eigenvalue weighted by molar-refractivity contribution is -0.120. The van der Waals surface area contributed by atoms with E-state index in [1.807, 2.05) is 6.92 Å². The Bertz CT molecular complexity index is 394. The van der Waals surface area contributed by atoms with E-state index in [0.29, 0.717) is 18.8 Å². The SMILES string of the molecule is CCCNC(=O)CNCc1ccc(OC)cc1O. The molecule has 18 heavy (non-hydrogen) atoms. The van der Waals surface area contributed by atoms with Crippen molar-refractivity contribution in [1.82, 2.24) is 10.6 Å². The van der Waals surface area contributed by atoms with Gasteiger partial charge in [0.25, 0.3) is 0 Å². The van der Waals surface area contributed by atoms with Crippen LogP contribution in [0, 0.1) is 0 Å². The second-order valence-corrected chi connectivity index (χ2v) is 3.95. The van der Waals surface area contributed by atoms with E-state index >= 15 is 0 Å². The minimum Gasteiger partial charge on any atom is -0.507 e. The fourth-order valence-electron chi connectivity index (χ4n) is 1.46. The summed E-state index contributed by atoms with van der Waals surface area (Å²) in [6.45, 7) is 3.37. The second kappa shape index (κ2) is 7.55. The smallest absolute Gasteiger partial charge is 0.233 e. The van der Waals surface area contributed by atoms with Gasteiger partial charge >= 0.3 is 0 Å². The van der Waals surface area contributed by atoms with E-state index < -0.39 is 0 Å². The molecule has 1 rings (SSSR count). The van der Waals surface area contributed by atoms with Crippen molar-refractivity contribution in [3.05, 3.63) is 23.8 Å². The molecule has 0 unspecified atom stereocenters. The quantitative estimate of drug-likeness (QED) is 0.677. The van der Waals surface area contributed by atoms with Crippen LogP contribution < -0.4 is 15.4 Å². The third kappa shape index (κ3) is 4.63. The zero-order valence-electron chi connectivity index (χ0n) is 10.8. The van der Waals surface area contributed by atoms with Gasteiger partial charge in [-0.25, -0.2) is 0 Å². The number of phenolic OH excluding ortho intramolecular Hbond substituents is 1. The van der Waals surface area contributed by atoms with E-state index in [1.54, 1.807) is 25.3 Å². The molecule has 1 aromatic carbocycles. The number of aromatic hydroxyl groups is 1. The van der Waals surface area contributed by atoms with Crippen molar-refractivity contribution in [2.45, 2.75) is 19.9 Å². The molecule has 0 heterocycles. The third-order valence-corrected chi connectivity index (χ3v) is 2.47. The second-order valence-electron chi connectivity index (χ2n) is 3.95. The van der Waals surface area contributed by atoms with Crippen molar-refractivity contribution < 1.29 is 14.6 Å². The number of rotatable bonds is 7. The van der Waals surface area contributed by atoms with Crippen molar-refractivity contribution in [3.63, 3.8) is 0 Å². The number of hydrogen-bond acceptors (Lipinski definition) is 4. The van der Waals surface area contributed by atoms with Gasteiger partial charge in [0, 0.05) is 24.7 Å². The molecule has 0 aliphatic heterocycles. The Balaban J connectivity index is 2.37. The van der Waals surface area contributed by atoms with Crippen molar-refractivity contribution in [3.8, 4) is 11.5 Å². The van der Waals surface area contributed by atoms with E-state index in [-0.39, 0.29) is 18.2 Å². The predicted molar refractivity (Wildman–Crippen MR) is 69.7 cm³/mol. The van der Waals surface area contributed by atoms with Gasteiger partial charge in [-0.3, -0.25) is 4.79 Å². The largest absolute Gasteiger partial charge is 0.507 e. The first-order valence-corrected chi connectivity index (χ1v) is 6.00. The van der Waals surface area contributed by atoms with Gasteiger partial charge in [-0.2, -0.15) is 0 Å². The summed E-state index contributed by atoms with van der Waals surface area (Å²) in [5.74, 6) is 0.734. The molecule has 0 spiro atoms. The van der Waals surface area contributed by atoms with Crippen LogP contribution in [0.5, 0.6) is 11.5 Å². The molecule has 0 fully saturated rings. The van der Waals surface area contributed by atoms with Gasteiger partial charge in [-0.1, -0.05) is 13.0 Å². The van der Waals surface area contributed by atoms with E-state index in [1.165, 1.54) is 0 Å². The number of carbonyl (C=O) groups excluding carboxylic acids is 1. The van der Waals surface area contributed by atoms with Crippen molar-refractivity contribution >= 4 is 5.91 Å². The summed E-state index contributed by atoms with van der Waals surface area (Å²) < 4.78 is 4.99. The van der Waals surface area contributed by atoms with Crippen LogP contribution in [0.15, 0.2) is 18.2 Å². The molecular weight excluding hydrogens is 232 g/mol. The molecule has 1 aromatic rings. The molecule has 0 aliphatic rings. The van der Waals surface area contributed by atoms with Gasteiger partial charge in [-0.05, 0) is 12.5 Å². The minimum atomic E-state index is -0.0372. The summed E-state index contributed by atoms with van der Waals surface area (Å²) in [5, 5.41) is 15.5. The summed E-state index contributed by atoms with van der Waals surface area (Å²) >= 11 is 0. The highest BCUT2D eigenvalue weighted by Crippen LogP contribution is 2.22. The molecule has 0 aliphatic carbocycles. The highest BCUT2D eigenvalue weighted by atomic mass is 16.5. The predicted octanol–water partition coefficient (Wildman–Crippen LogP) is 1.02. The molecule has 0 radical (unpaired) electrons. The van der Waals surface area contributed by atoms with Crippen LogP contribution in [0.25, 0.3) is 0 Å². The van der Waals surface area contributed by atoms with Crippen molar-refractivity contribution in [1.29, 1.82) is 0 Å². The lowest BCUT2D eigenvalue weighted by Gasteiger charge is -2.08. The Labute approximate surface area is 107 Å². The average Bonchev–Trinajstić information content (AvgIpc) is 2.38. The summed E-state index contributed by atoms with van der Waals surface area (Å²) in [6.07, 6.45) is 0.922. The van der Waals surface area contributed by atoms with Gasteiger partial charge in [0.05, 0.1) is 13.7 Å². The van der Waals surface area contributed by atoms with E-state index in [9.17, 15) is 9.90 Å². The zero-order chi connectivity index (χ0) is 13.4. The fraction of sp³-hybridized carbons (Fsp3) is 0.462. The molecule has 5 nitrogen and oxygen atoms in total. The lowest BCUT2D eigenvalue weighted by atomic mass is 10.2. The van der Waals surface area contributed by atoms with Crippen LogP contribution in [-0.2, 0) is 11.3 Å². The maximum Gasteiger partial charge on any atom is 0.233 e. The highest BCUT2D eigenvalue weighted by molar-refractivity contribution is 5.77. The standard InChI is InChI=1S/C13H20N2O3/c1-3-6-15-13(17)9-14-8-10-4-5-11(18-2)7-12(10)16/h4-5,7,14,16H,3,6,8-9H2,1-2H3,(H,15,17). The van der Waals surface area contributed by atoms with E-state index in [2.05, 4.69) is 10.6 Å². The Hall–Kier alpha value is -1.75. The third-order valence-electron chi connectivity index (χ3n) is 2.47. The number of benzene rings is 1. The number of carbonyl (C=O) groups is 1. The first-order valence-electron chi connectivity index (χ1n) is 6.00. The number of ether oxygens (including phenoxy) is 1. The van der Waals surface area contributed by atoms with Gasteiger partial charge in [0.1, 0.15) is 11.5 Å². The molecule has 1 amide bonds. The van der Waals surface area contributed by atoms with Gasteiger partial charge in [-0.15, -0.1) is 0 Å². The molecule has 0 bridgehead atoms. The van der Waals surface area contributed by atoms with Crippen LogP contribution in [0.2, 0.25) is 0 Å². The number of nitrogens with one attached hydrogen (secondary N) is 2. The molecule has 0 saturated heterocycles. The number of methoxy groups -OCH3 is 1. The maximum atomic E-state index is 11.3. The average molecular weight is 252 g/mol. The number of phenols is 1. The summed E-state index contributed by atoms with van der Waals surface area (Å²) in [6, 6.07) is 5.09. The Morgan fingerprint density at radius 3 is 2.83 bits per heavy atom. The first-order chi connectivity index (χ1) is 8.67. The Morgan fingerprint density at radius 1 is 1.44 bits per heavy atom. The van der Waals surface area contributed by atoms with E-state index in [4.69, 9.17) is 4.74 Å². The topological polar surface area (TPSA) is 70.6 Å². The van der Waals surface area contributed by atoms with Gasteiger partial charge < -0.3 is 20.5 Å². The number of amides is 1. The van der Waals surface area contributed by atoms with Gasteiger partial charge in [0.2, 0.25) is 5.91 Å². The van der Waals surface area contributed by atoms with Crippen LogP contribution >= 0.6 is 0 Å². The monoisotopic (exact) mass is 252 g/mol. The van der Waals surface area contributed by atoms with Gasteiger partial charge in [0.15, 0.2) is 0 Å². The molecule has 3 N–H and O–H groups in total. The normalized spacial score (nSPS) is 10.1. The molecule has 0 saturated carbocycles. The lowest BCUT2D eigenvalue weighted by Crippen LogP contribution is -2.33. The molecule has 0 atom stereocenters. The molecule has 5 heteroatoms. The van der Waals surface area contributed by atoms with Crippen molar-refractivity contribution in [2.75, 3.05) is 20.2 Å².